The second kappa shape index (κ2) is 4.72. The van der Waals surface area contributed by atoms with Crippen molar-refractivity contribution in [2.45, 2.75) is 26.4 Å². The van der Waals surface area contributed by atoms with Crippen molar-refractivity contribution in [2.75, 3.05) is 5.01 Å². The maximum atomic E-state index is 11.6. The average Bonchev–Trinajstić information content (AvgIpc) is 2.15. The minimum Gasteiger partial charge on any atom is -0.442 e. The molecule has 0 aliphatic heterocycles. The number of carbonyl (C=O) groups excluding carboxylic acids is 1. The SMILES string of the molecule is CC(C)(C)OC(=O)N(N)c1ccc(Cl)cc1. The normalized spacial score (nSPS) is 11.1. The Bertz CT molecular complexity index is 371. The van der Waals surface area contributed by atoms with E-state index in [9.17, 15) is 4.79 Å². The minimum absolute atomic E-state index is 0.527. The van der Waals surface area contributed by atoms with Crippen LogP contribution in [0.15, 0.2) is 24.3 Å². The lowest BCUT2D eigenvalue weighted by molar-refractivity contribution is 0.0580. The van der Waals surface area contributed by atoms with Crippen LogP contribution in [0.3, 0.4) is 0 Å². The highest BCUT2D eigenvalue weighted by atomic mass is 35.5. The van der Waals surface area contributed by atoms with E-state index in [1.165, 1.54) is 0 Å². The summed E-state index contributed by atoms with van der Waals surface area (Å²) in [6.07, 6.45) is -0.602. The lowest BCUT2D eigenvalue weighted by atomic mass is 10.2. The van der Waals surface area contributed by atoms with Gasteiger partial charge in [-0.3, -0.25) is 0 Å². The van der Waals surface area contributed by atoms with Crippen molar-refractivity contribution < 1.29 is 9.53 Å². The second-order valence-electron chi connectivity index (χ2n) is 4.33. The molecule has 0 aromatic heterocycles. The highest BCUT2D eigenvalue weighted by molar-refractivity contribution is 6.30. The van der Waals surface area contributed by atoms with Gasteiger partial charge in [-0.2, -0.15) is 0 Å². The number of nitrogens with zero attached hydrogens (tertiary/aromatic N) is 1. The Morgan fingerprint density at radius 2 is 1.81 bits per heavy atom. The fraction of sp³-hybridized carbons (Fsp3) is 0.364. The van der Waals surface area contributed by atoms with Crippen LogP contribution in [0, 0.1) is 0 Å². The zero-order valence-electron chi connectivity index (χ0n) is 9.53. The first-order chi connectivity index (χ1) is 7.29. The number of carbonyl (C=O) groups is 1. The van der Waals surface area contributed by atoms with Gasteiger partial charge in [0.2, 0.25) is 0 Å². The van der Waals surface area contributed by atoms with Crippen molar-refractivity contribution in [2.24, 2.45) is 5.84 Å². The number of halogens is 1. The zero-order valence-corrected chi connectivity index (χ0v) is 10.3. The first-order valence-corrected chi connectivity index (χ1v) is 5.21. The third-order valence-corrected chi connectivity index (χ3v) is 1.95. The van der Waals surface area contributed by atoms with Crippen molar-refractivity contribution in [3.63, 3.8) is 0 Å². The molecule has 1 aromatic carbocycles. The highest BCUT2D eigenvalue weighted by Crippen LogP contribution is 2.18. The van der Waals surface area contributed by atoms with Gasteiger partial charge in [0.25, 0.3) is 0 Å². The molecule has 0 bridgehead atoms. The molecule has 0 fully saturated rings. The molecule has 0 aliphatic carbocycles. The predicted molar refractivity (Wildman–Crippen MR) is 64.4 cm³/mol. The van der Waals surface area contributed by atoms with Crippen LogP contribution in [-0.2, 0) is 4.74 Å². The Morgan fingerprint density at radius 3 is 2.25 bits per heavy atom. The number of hydrogen-bond donors (Lipinski definition) is 1. The van der Waals surface area contributed by atoms with Gasteiger partial charge < -0.3 is 4.74 Å². The summed E-state index contributed by atoms with van der Waals surface area (Å²) in [7, 11) is 0. The summed E-state index contributed by atoms with van der Waals surface area (Å²) < 4.78 is 5.11. The smallest absolute Gasteiger partial charge is 0.429 e. The molecule has 0 unspecified atom stereocenters. The van der Waals surface area contributed by atoms with E-state index in [0.29, 0.717) is 10.7 Å². The standard InChI is InChI=1S/C11H15ClN2O2/c1-11(2,3)16-10(15)14(13)9-6-4-8(12)5-7-9/h4-7H,13H2,1-3H3. The third-order valence-electron chi connectivity index (χ3n) is 1.69. The van der Waals surface area contributed by atoms with Crippen LogP contribution in [0.1, 0.15) is 20.8 Å². The van der Waals surface area contributed by atoms with E-state index in [1.54, 1.807) is 45.0 Å². The van der Waals surface area contributed by atoms with Gasteiger partial charge >= 0.3 is 6.09 Å². The van der Waals surface area contributed by atoms with Crippen LogP contribution in [0.2, 0.25) is 5.02 Å². The topological polar surface area (TPSA) is 55.6 Å². The Hall–Kier alpha value is -1.26. The second-order valence-corrected chi connectivity index (χ2v) is 4.76. The molecule has 2 N–H and O–H groups in total. The number of benzene rings is 1. The van der Waals surface area contributed by atoms with Crippen LogP contribution in [0.25, 0.3) is 0 Å². The molecule has 0 aliphatic rings. The molecular formula is C11H15ClN2O2. The average molecular weight is 243 g/mol. The van der Waals surface area contributed by atoms with Crippen LogP contribution < -0.4 is 10.9 Å². The Balaban J connectivity index is 2.74. The molecule has 0 spiro atoms. The predicted octanol–water partition coefficient (Wildman–Crippen LogP) is 2.96. The minimum atomic E-state index is -0.602. The first kappa shape index (κ1) is 12.8. The van der Waals surface area contributed by atoms with Crippen LogP contribution in [0.4, 0.5) is 10.5 Å². The molecule has 16 heavy (non-hydrogen) atoms. The summed E-state index contributed by atoms with van der Waals surface area (Å²) in [5, 5.41) is 1.53. The van der Waals surface area contributed by atoms with Crippen molar-refractivity contribution in [1.82, 2.24) is 0 Å². The monoisotopic (exact) mass is 242 g/mol. The number of anilines is 1. The van der Waals surface area contributed by atoms with Crippen LogP contribution in [-0.4, -0.2) is 11.7 Å². The Kier molecular flexibility index (Phi) is 3.78. The zero-order chi connectivity index (χ0) is 12.3. The fourth-order valence-corrected chi connectivity index (χ4v) is 1.14. The molecule has 0 heterocycles. The Labute approximate surface area is 99.9 Å². The molecule has 0 saturated carbocycles. The molecule has 1 rings (SSSR count). The van der Waals surface area contributed by atoms with E-state index in [2.05, 4.69) is 0 Å². The fourth-order valence-electron chi connectivity index (χ4n) is 1.02. The van der Waals surface area contributed by atoms with E-state index in [4.69, 9.17) is 22.2 Å². The molecule has 88 valence electrons. The number of amides is 1. The molecule has 0 atom stereocenters. The van der Waals surface area contributed by atoms with Crippen LogP contribution >= 0.6 is 11.6 Å². The van der Waals surface area contributed by atoms with E-state index < -0.39 is 11.7 Å². The third kappa shape index (κ3) is 3.72. The van der Waals surface area contributed by atoms with Gasteiger partial charge in [-0.15, -0.1) is 0 Å². The van der Waals surface area contributed by atoms with E-state index >= 15 is 0 Å². The summed E-state index contributed by atoms with van der Waals surface area (Å²) in [6, 6.07) is 6.60. The van der Waals surface area contributed by atoms with E-state index in [0.717, 1.165) is 5.01 Å². The Morgan fingerprint density at radius 1 is 1.31 bits per heavy atom. The summed E-state index contributed by atoms with van der Waals surface area (Å²) in [5.41, 5.74) is -0.0418. The molecule has 5 heteroatoms. The molecule has 4 nitrogen and oxygen atoms in total. The summed E-state index contributed by atoms with van der Waals surface area (Å²) in [5.74, 6) is 5.61. The first-order valence-electron chi connectivity index (χ1n) is 4.83. The van der Waals surface area contributed by atoms with E-state index in [1.807, 2.05) is 0 Å². The summed E-state index contributed by atoms with van der Waals surface area (Å²) >= 11 is 5.73. The molecular weight excluding hydrogens is 228 g/mol. The van der Waals surface area contributed by atoms with E-state index in [-0.39, 0.29) is 0 Å². The molecule has 0 radical (unpaired) electrons. The maximum Gasteiger partial charge on any atom is 0.429 e. The van der Waals surface area contributed by atoms with Crippen molar-refractivity contribution in [3.05, 3.63) is 29.3 Å². The van der Waals surface area contributed by atoms with Gasteiger partial charge in [0.05, 0.1) is 5.69 Å². The van der Waals surface area contributed by atoms with Gasteiger partial charge in [0, 0.05) is 5.02 Å². The highest BCUT2D eigenvalue weighted by Gasteiger charge is 2.20. The number of hydrogen-bond acceptors (Lipinski definition) is 3. The quantitative estimate of drug-likeness (QED) is 0.468. The van der Waals surface area contributed by atoms with Gasteiger partial charge in [-0.25, -0.2) is 15.6 Å². The molecule has 0 saturated heterocycles. The molecule has 1 amide bonds. The van der Waals surface area contributed by atoms with Crippen molar-refractivity contribution in [1.29, 1.82) is 0 Å². The lowest BCUT2D eigenvalue weighted by Gasteiger charge is -2.24. The molecule has 1 aromatic rings. The number of nitrogens with two attached hydrogens (primary N) is 1. The van der Waals surface area contributed by atoms with Gasteiger partial charge in [-0.05, 0) is 45.0 Å². The lowest BCUT2D eigenvalue weighted by Crippen LogP contribution is -2.41. The largest absolute Gasteiger partial charge is 0.442 e. The van der Waals surface area contributed by atoms with Gasteiger partial charge in [0.15, 0.2) is 0 Å². The number of ether oxygens (including phenoxy) is 1. The number of rotatable bonds is 1. The van der Waals surface area contributed by atoms with Crippen LogP contribution in [0.5, 0.6) is 0 Å². The van der Waals surface area contributed by atoms with Crippen molar-refractivity contribution >= 4 is 23.4 Å². The summed E-state index contributed by atoms with van der Waals surface area (Å²) in [4.78, 5) is 11.6. The number of hydrazine groups is 1. The summed E-state index contributed by atoms with van der Waals surface area (Å²) in [6.45, 7) is 5.34. The maximum absolute atomic E-state index is 11.6. The van der Waals surface area contributed by atoms with Crippen molar-refractivity contribution in [3.8, 4) is 0 Å². The van der Waals surface area contributed by atoms with Gasteiger partial charge in [0.1, 0.15) is 5.60 Å². The van der Waals surface area contributed by atoms with Gasteiger partial charge in [-0.1, -0.05) is 11.6 Å².